The summed E-state index contributed by atoms with van der Waals surface area (Å²) < 4.78 is 1.23. The molecule has 0 aliphatic heterocycles. The van der Waals surface area contributed by atoms with Gasteiger partial charge in [-0.15, -0.1) is 11.3 Å². The third kappa shape index (κ3) is 3.42. The second-order valence-electron chi connectivity index (χ2n) is 4.40. The van der Waals surface area contributed by atoms with E-state index < -0.39 is 5.97 Å². The molecule has 2 aromatic heterocycles. The molecule has 7 nitrogen and oxygen atoms in total. The number of aromatic nitrogens is 2. The van der Waals surface area contributed by atoms with Crippen molar-refractivity contribution in [2.75, 3.05) is 19.8 Å². The third-order valence-corrected chi connectivity index (χ3v) is 4.43. The van der Waals surface area contributed by atoms with Crippen LogP contribution in [0.15, 0.2) is 21.4 Å². The second kappa shape index (κ2) is 6.27. The van der Waals surface area contributed by atoms with Crippen molar-refractivity contribution in [2.45, 2.75) is 11.7 Å². The first-order valence-electron chi connectivity index (χ1n) is 5.93. The van der Waals surface area contributed by atoms with Gasteiger partial charge in [-0.1, -0.05) is 11.8 Å². The number of carboxylic acid groups (broad SMARTS) is 1. The molecule has 2 aromatic rings. The van der Waals surface area contributed by atoms with Crippen LogP contribution in [0.5, 0.6) is 0 Å². The Bertz CT molecular complexity index is 751. The first-order valence-corrected chi connectivity index (χ1v) is 7.79. The topological polar surface area (TPSA) is 92.5 Å². The number of hydrogen-bond acceptors (Lipinski definition) is 6. The average Bonchev–Trinajstić information content (AvgIpc) is 2.88. The number of rotatable bonds is 5. The van der Waals surface area contributed by atoms with E-state index >= 15 is 0 Å². The summed E-state index contributed by atoms with van der Waals surface area (Å²) in [5.41, 5.74) is -0.329. The quantitative estimate of drug-likeness (QED) is 0.643. The van der Waals surface area contributed by atoms with Crippen molar-refractivity contribution in [3.63, 3.8) is 0 Å². The van der Waals surface area contributed by atoms with E-state index in [9.17, 15) is 14.4 Å². The lowest BCUT2D eigenvalue weighted by molar-refractivity contribution is -0.134. The summed E-state index contributed by atoms with van der Waals surface area (Å²) in [5, 5.41) is 11.2. The molecule has 0 aromatic carbocycles. The largest absolute Gasteiger partial charge is 0.481 e. The number of hydrogen-bond donors (Lipinski definition) is 1. The van der Waals surface area contributed by atoms with Crippen LogP contribution in [0, 0.1) is 0 Å². The van der Waals surface area contributed by atoms with Crippen LogP contribution in [-0.2, 0) is 16.1 Å². The summed E-state index contributed by atoms with van der Waals surface area (Å²) in [4.78, 5) is 41.2. The molecule has 0 saturated heterocycles. The van der Waals surface area contributed by atoms with E-state index in [1.165, 1.54) is 20.8 Å². The predicted octanol–water partition coefficient (Wildman–Crippen LogP) is 0.723. The average molecular weight is 327 g/mol. The smallest absolute Gasteiger partial charge is 0.313 e. The van der Waals surface area contributed by atoms with Gasteiger partial charge in [0.05, 0.1) is 11.1 Å². The third-order valence-electron chi connectivity index (χ3n) is 2.67. The fraction of sp³-hybridized carbons (Fsp3) is 0.333. The Morgan fingerprint density at radius 2 is 2.19 bits per heavy atom. The SMILES string of the molecule is CN(C)C(=O)Cn1c(SCC(=O)O)nc2sccc2c1=O. The predicted molar refractivity (Wildman–Crippen MR) is 80.9 cm³/mol. The number of likely N-dealkylation sites (N-methyl/N-ethyl adjacent to an activating group) is 1. The van der Waals surface area contributed by atoms with E-state index in [1.54, 1.807) is 25.5 Å². The minimum Gasteiger partial charge on any atom is -0.481 e. The number of carbonyl (C=O) groups excluding carboxylic acids is 1. The van der Waals surface area contributed by atoms with E-state index in [0.717, 1.165) is 11.8 Å². The van der Waals surface area contributed by atoms with Gasteiger partial charge in [-0.2, -0.15) is 0 Å². The van der Waals surface area contributed by atoms with Gasteiger partial charge in [0, 0.05) is 14.1 Å². The van der Waals surface area contributed by atoms with Gasteiger partial charge in [0.2, 0.25) is 5.91 Å². The lowest BCUT2D eigenvalue weighted by Gasteiger charge is -2.14. The Kier molecular flexibility index (Phi) is 4.63. The van der Waals surface area contributed by atoms with Crippen molar-refractivity contribution < 1.29 is 14.7 Å². The van der Waals surface area contributed by atoms with Gasteiger partial charge in [-0.25, -0.2) is 4.98 Å². The van der Waals surface area contributed by atoms with Crippen molar-refractivity contribution in [2.24, 2.45) is 0 Å². The maximum absolute atomic E-state index is 12.4. The fourth-order valence-corrected chi connectivity index (χ4v) is 3.11. The number of carbonyl (C=O) groups is 2. The zero-order valence-electron chi connectivity index (χ0n) is 11.4. The zero-order valence-corrected chi connectivity index (χ0v) is 13.0. The van der Waals surface area contributed by atoms with Crippen LogP contribution in [-0.4, -0.2) is 51.3 Å². The second-order valence-corrected chi connectivity index (χ2v) is 6.23. The minimum atomic E-state index is -1.01. The van der Waals surface area contributed by atoms with E-state index in [-0.39, 0.29) is 28.9 Å². The van der Waals surface area contributed by atoms with Crippen molar-refractivity contribution in [3.8, 4) is 0 Å². The molecule has 1 amide bonds. The molecule has 112 valence electrons. The van der Waals surface area contributed by atoms with E-state index in [4.69, 9.17) is 5.11 Å². The highest BCUT2D eigenvalue weighted by molar-refractivity contribution is 7.99. The maximum Gasteiger partial charge on any atom is 0.313 e. The number of fused-ring (bicyclic) bond motifs is 1. The number of nitrogens with zero attached hydrogens (tertiary/aromatic N) is 3. The van der Waals surface area contributed by atoms with Gasteiger partial charge in [0.25, 0.3) is 5.56 Å². The molecule has 0 saturated carbocycles. The van der Waals surface area contributed by atoms with Gasteiger partial charge in [-0.3, -0.25) is 19.0 Å². The Labute approximate surface area is 128 Å². The van der Waals surface area contributed by atoms with Crippen molar-refractivity contribution in [1.82, 2.24) is 14.5 Å². The van der Waals surface area contributed by atoms with Crippen molar-refractivity contribution in [1.29, 1.82) is 0 Å². The van der Waals surface area contributed by atoms with E-state index in [2.05, 4.69) is 4.98 Å². The molecule has 0 spiro atoms. The summed E-state index contributed by atoms with van der Waals surface area (Å²) in [7, 11) is 3.18. The van der Waals surface area contributed by atoms with Gasteiger partial charge in [0.15, 0.2) is 5.16 Å². The lowest BCUT2D eigenvalue weighted by atomic mass is 10.4. The Hall–Kier alpha value is -1.87. The summed E-state index contributed by atoms with van der Waals surface area (Å²) in [6.45, 7) is -0.160. The molecule has 0 fully saturated rings. The molecule has 1 N–H and O–H groups in total. The normalized spacial score (nSPS) is 10.8. The highest BCUT2D eigenvalue weighted by atomic mass is 32.2. The van der Waals surface area contributed by atoms with Crippen LogP contribution in [0.3, 0.4) is 0 Å². The molecule has 21 heavy (non-hydrogen) atoms. The molecule has 2 rings (SSSR count). The molecule has 2 heterocycles. The lowest BCUT2D eigenvalue weighted by Crippen LogP contribution is -2.33. The van der Waals surface area contributed by atoms with Crippen LogP contribution in [0.4, 0.5) is 0 Å². The molecule has 0 radical (unpaired) electrons. The standard InChI is InChI=1S/C12H13N3O4S2/c1-14(2)8(16)5-15-11(19)7-3-4-20-10(7)13-12(15)21-6-9(17)18/h3-4H,5-6H2,1-2H3,(H,17,18). The molecule has 9 heteroatoms. The number of thiophene rings is 1. The maximum atomic E-state index is 12.4. The Morgan fingerprint density at radius 1 is 1.48 bits per heavy atom. The number of thioether (sulfide) groups is 1. The van der Waals surface area contributed by atoms with Crippen LogP contribution >= 0.6 is 23.1 Å². The van der Waals surface area contributed by atoms with Crippen LogP contribution in [0.25, 0.3) is 10.2 Å². The molecule has 0 bridgehead atoms. The van der Waals surface area contributed by atoms with Gasteiger partial charge < -0.3 is 10.0 Å². The zero-order chi connectivity index (χ0) is 15.6. The first kappa shape index (κ1) is 15.5. The molecular weight excluding hydrogens is 314 g/mol. The summed E-state index contributed by atoms with van der Waals surface area (Å²) >= 11 is 2.23. The summed E-state index contributed by atoms with van der Waals surface area (Å²) in [5.74, 6) is -1.49. The van der Waals surface area contributed by atoms with Crippen molar-refractivity contribution >= 4 is 45.2 Å². The molecule has 0 unspecified atom stereocenters. The van der Waals surface area contributed by atoms with Gasteiger partial charge >= 0.3 is 5.97 Å². The molecule has 0 aliphatic carbocycles. The summed E-state index contributed by atoms with van der Waals surface area (Å²) in [6.07, 6.45) is 0. The van der Waals surface area contributed by atoms with Crippen LogP contribution in [0.2, 0.25) is 0 Å². The van der Waals surface area contributed by atoms with Crippen LogP contribution in [0.1, 0.15) is 0 Å². The Balaban J connectivity index is 2.49. The molecule has 0 atom stereocenters. The Morgan fingerprint density at radius 3 is 2.81 bits per heavy atom. The number of aliphatic carboxylic acids is 1. The molecule has 0 aliphatic rings. The monoisotopic (exact) mass is 327 g/mol. The minimum absolute atomic E-state index is 0.160. The van der Waals surface area contributed by atoms with Crippen LogP contribution < -0.4 is 5.56 Å². The van der Waals surface area contributed by atoms with Crippen molar-refractivity contribution in [3.05, 3.63) is 21.8 Å². The molecular formula is C12H13N3O4S2. The fourth-order valence-electron chi connectivity index (χ4n) is 1.58. The number of carboxylic acids is 1. The van der Waals surface area contributed by atoms with E-state index in [1.807, 2.05) is 0 Å². The first-order chi connectivity index (χ1) is 9.90. The summed E-state index contributed by atoms with van der Waals surface area (Å²) in [6, 6.07) is 1.65. The van der Waals surface area contributed by atoms with E-state index in [0.29, 0.717) is 10.2 Å². The highest BCUT2D eigenvalue weighted by Crippen LogP contribution is 2.21. The van der Waals surface area contributed by atoms with Gasteiger partial charge in [-0.05, 0) is 11.4 Å². The highest BCUT2D eigenvalue weighted by Gasteiger charge is 2.16. The number of amides is 1. The van der Waals surface area contributed by atoms with Gasteiger partial charge in [0.1, 0.15) is 11.4 Å².